The number of aromatic nitrogens is 2. The van der Waals surface area contributed by atoms with Crippen molar-refractivity contribution in [3.05, 3.63) is 18.2 Å². The first-order valence-corrected chi connectivity index (χ1v) is 6.30. The lowest BCUT2D eigenvalue weighted by Crippen LogP contribution is -2.27. The molecule has 0 bridgehead atoms. The van der Waals surface area contributed by atoms with E-state index in [-0.39, 0.29) is 5.91 Å². The molecule has 17 heavy (non-hydrogen) atoms. The number of carbonyl (C=O) groups excluding carboxylic acids is 1. The van der Waals surface area contributed by atoms with E-state index in [9.17, 15) is 4.79 Å². The molecular formula is C12H20N4O. The summed E-state index contributed by atoms with van der Waals surface area (Å²) in [4.78, 5) is 18.8. The lowest BCUT2D eigenvalue weighted by Gasteiger charge is -2.08. The van der Waals surface area contributed by atoms with Gasteiger partial charge in [0, 0.05) is 31.8 Å². The van der Waals surface area contributed by atoms with Gasteiger partial charge in [0.2, 0.25) is 5.91 Å². The highest BCUT2D eigenvalue weighted by Gasteiger charge is 2.17. The maximum absolute atomic E-state index is 11.6. The van der Waals surface area contributed by atoms with Crippen LogP contribution in [0.5, 0.6) is 0 Å². The van der Waals surface area contributed by atoms with Crippen LogP contribution in [0.15, 0.2) is 12.4 Å². The van der Waals surface area contributed by atoms with Gasteiger partial charge in [-0.2, -0.15) is 0 Å². The number of nitrogens with zero attached hydrogens (tertiary/aromatic N) is 1. The third-order valence-corrected chi connectivity index (χ3v) is 3.10. The zero-order chi connectivity index (χ0) is 11.9. The number of imidazole rings is 1. The van der Waals surface area contributed by atoms with Crippen LogP contribution in [0.4, 0.5) is 0 Å². The molecule has 1 aliphatic heterocycles. The molecule has 1 aromatic rings. The van der Waals surface area contributed by atoms with Crippen LogP contribution in [0.1, 0.15) is 25.1 Å². The van der Waals surface area contributed by atoms with E-state index in [2.05, 4.69) is 20.6 Å². The van der Waals surface area contributed by atoms with Crippen LogP contribution >= 0.6 is 0 Å². The summed E-state index contributed by atoms with van der Waals surface area (Å²) in [5, 5.41) is 6.23. The highest BCUT2D eigenvalue weighted by Crippen LogP contribution is 2.11. The molecule has 0 aliphatic carbocycles. The molecule has 94 valence electrons. The Kier molecular flexibility index (Phi) is 4.55. The van der Waals surface area contributed by atoms with Crippen LogP contribution in [0, 0.1) is 5.92 Å². The van der Waals surface area contributed by atoms with Gasteiger partial charge >= 0.3 is 0 Å². The number of carbonyl (C=O) groups is 1. The standard InChI is InChI=1S/C12H20N4O/c17-12(8-10-3-5-13-9-10)16-4-1-2-11-14-6-7-15-11/h6-7,10,13H,1-5,8-9H2,(H,14,15)(H,16,17). The van der Waals surface area contributed by atoms with E-state index < -0.39 is 0 Å². The highest BCUT2D eigenvalue weighted by atomic mass is 16.1. The quantitative estimate of drug-likeness (QED) is 0.628. The fourth-order valence-electron chi connectivity index (χ4n) is 2.14. The van der Waals surface area contributed by atoms with Crippen LogP contribution in [0.3, 0.4) is 0 Å². The summed E-state index contributed by atoms with van der Waals surface area (Å²) < 4.78 is 0. The van der Waals surface area contributed by atoms with Crippen molar-refractivity contribution in [2.75, 3.05) is 19.6 Å². The van der Waals surface area contributed by atoms with Gasteiger partial charge in [-0.05, 0) is 31.8 Å². The molecule has 0 saturated carbocycles. The number of amides is 1. The second-order valence-corrected chi connectivity index (χ2v) is 4.55. The third kappa shape index (κ3) is 4.19. The van der Waals surface area contributed by atoms with Crippen molar-refractivity contribution in [2.24, 2.45) is 5.92 Å². The zero-order valence-electron chi connectivity index (χ0n) is 10.0. The van der Waals surface area contributed by atoms with Crippen LogP contribution in [-0.4, -0.2) is 35.5 Å². The van der Waals surface area contributed by atoms with Gasteiger partial charge in [0.25, 0.3) is 0 Å². The summed E-state index contributed by atoms with van der Waals surface area (Å²) in [6.07, 6.45) is 7.18. The molecule has 2 heterocycles. The number of aryl methyl sites for hydroxylation is 1. The van der Waals surface area contributed by atoms with Gasteiger partial charge in [-0.25, -0.2) is 4.98 Å². The van der Waals surface area contributed by atoms with Crippen molar-refractivity contribution >= 4 is 5.91 Å². The number of hydrogen-bond donors (Lipinski definition) is 3. The molecule has 1 unspecified atom stereocenters. The number of rotatable bonds is 6. The minimum absolute atomic E-state index is 0.179. The van der Waals surface area contributed by atoms with Gasteiger partial charge in [0.1, 0.15) is 5.82 Å². The molecule has 1 aromatic heterocycles. The van der Waals surface area contributed by atoms with E-state index in [1.54, 1.807) is 6.20 Å². The summed E-state index contributed by atoms with van der Waals surface area (Å²) in [5.41, 5.74) is 0. The summed E-state index contributed by atoms with van der Waals surface area (Å²) in [7, 11) is 0. The number of aromatic amines is 1. The topological polar surface area (TPSA) is 69.8 Å². The first kappa shape index (κ1) is 12.1. The predicted molar refractivity (Wildman–Crippen MR) is 65.5 cm³/mol. The van der Waals surface area contributed by atoms with Crippen LogP contribution in [0.25, 0.3) is 0 Å². The van der Waals surface area contributed by atoms with Crippen molar-refractivity contribution in [3.8, 4) is 0 Å². The Morgan fingerprint density at radius 1 is 1.59 bits per heavy atom. The summed E-state index contributed by atoms with van der Waals surface area (Å²) in [6, 6.07) is 0. The fraction of sp³-hybridized carbons (Fsp3) is 0.667. The highest BCUT2D eigenvalue weighted by molar-refractivity contribution is 5.76. The van der Waals surface area contributed by atoms with E-state index in [1.165, 1.54) is 0 Å². The Balaban J connectivity index is 1.53. The van der Waals surface area contributed by atoms with Crippen molar-refractivity contribution in [3.63, 3.8) is 0 Å². The SMILES string of the molecule is O=C(CC1CCNC1)NCCCc1ncc[nH]1. The molecule has 1 aliphatic rings. The van der Waals surface area contributed by atoms with Gasteiger partial charge in [0.05, 0.1) is 0 Å². The molecule has 0 spiro atoms. The number of nitrogens with one attached hydrogen (secondary N) is 3. The molecular weight excluding hydrogens is 216 g/mol. The molecule has 0 aromatic carbocycles. The zero-order valence-corrected chi connectivity index (χ0v) is 10.0. The van der Waals surface area contributed by atoms with Gasteiger partial charge in [-0.1, -0.05) is 0 Å². The molecule has 5 heteroatoms. The van der Waals surface area contributed by atoms with E-state index in [0.29, 0.717) is 12.3 Å². The lowest BCUT2D eigenvalue weighted by atomic mass is 10.0. The Morgan fingerprint density at radius 2 is 2.53 bits per heavy atom. The Labute approximate surface area is 101 Å². The van der Waals surface area contributed by atoms with Crippen molar-refractivity contribution < 1.29 is 4.79 Å². The first-order valence-electron chi connectivity index (χ1n) is 6.30. The second kappa shape index (κ2) is 6.39. The third-order valence-electron chi connectivity index (χ3n) is 3.10. The molecule has 3 N–H and O–H groups in total. The van der Waals surface area contributed by atoms with Gasteiger partial charge < -0.3 is 15.6 Å². The lowest BCUT2D eigenvalue weighted by molar-refractivity contribution is -0.121. The predicted octanol–water partition coefficient (Wildman–Crippen LogP) is 0.458. The summed E-state index contributed by atoms with van der Waals surface area (Å²) in [5.74, 6) is 1.69. The monoisotopic (exact) mass is 236 g/mol. The largest absolute Gasteiger partial charge is 0.356 e. The van der Waals surface area contributed by atoms with Crippen molar-refractivity contribution in [1.29, 1.82) is 0 Å². The summed E-state index contributed by atoms with van der Waals surface area (Å²) in [6.45, 7) is 2.77. The maximum atomic E-state index is 11.6. The second-order valence-electron chi connectivity index (χ2n) is 4.55. The first-order chi connectivity index (χ1) is 8.34. The molecule has 5 nitrogen and oxygen atoms in total. The minimum atomic E-state index is 0.179. The normalized spacial score (nSPS) is 19.4. The Bertz CT molecular complexity index is 330. The van der Waals surface area contributed by atoms with Crippen LogP contribution in [-0.2, 0) is 11.2 Å². The number of hydrogen-bond acceptors (Lipinski definition) is 3. The fourth-order valence-corrected chi connectivity index (χ4v) is 2.14. The maximum Gasteiger partial charge on any atom is 0.220 e. The van der Waals surface area contributed by atoms with Crippen LogP contribution in [0.2, 0.25) is 0 Å². The van der Waals surface area contributed by atoms with E-state index >= 15 is 0 Å². The minimum Gasteiger partial charge on any atom is -0.356 e. The smallest absolute Gasteiger partial charge is 0.220 e. The van der Waals surface area contributed by atoms with Crippen LogP contribution < -0.4 is 10.6 Å². The Morgan fingerprint density at radius 3 is 3.24 bits per heavy atom. The average molecular weight is 236 g/mol. The molecule has 1 saturated heterocycles. The van der Waals surface area contributed by atoms with E-state index in [1.807, 2.05) is 6.20 Å². The molecule has 1 atom stereocenters. The Hall–Kier alpha value is -1.36. The van der Waals surface area contributed by atoms with Crippen molar-refractivity contribution in [1.82, 2.24) is 20.6 Å². The average Bonchev–Trinajstić information content (AvgIpc) is 2.96. The van der Waals surface area contributed by atoms with E-state index in [0.717, 1.165) is 44.7 Å². The van der Waals surface area contributed by atoms with Crippen molar-refractivity contribution in [2.45, 2.75) is 25.7 Å². The number of H-pyrrole nitrogens is 1. The molecule has 0 radical (unpaired) electrons. The summed E-state index contributed by atoms with van der Waals surface area (Å²) >= 11 is 0. The molecule has 1 fully saturated rings. The van der Waals surface area contributed by atoms with Gasteiger partial charge in [0.15, 0.2) is 0 Å². The van der Waals surface area contributed by atoms with Gasteiger partial charge in [-0.15, -0.1) is 0 Å². The van der Waals surface area contributed by atoms with E-state index in [4.69, 9.17) is 0 Å². The molecule has 2 rings (SSSR count). The van der Waals surface area contributed by atoms with Gasteiger partial charge in [-0.3, -0.25) is 4.79 Å². The molecule has 1 amide bonds.